The fraction of sp³-hybridized carbons (Fsp3) is 0.118. The normalized spacial score (nSPS) is 11.0. The first-order valence-electron chi connectivity index (χ1n) is 7.15. The third-order valence-electron chi connectivity index (χ3n) is 3.63. The van der Waals surface area contributed by atoms with Gasteiger partial charge in [-0.15, -0.1) is 0 Å². The van der Waals surface area contributed by atoms with Crippen molar-refractivity contribution in [1.82, 2.24) is 0 Å². The number of ether oxygens (including phenoxy) is 1. The van der Waals surface area contributed by atoms with Gasteiger partial charge in [-0.25, -0.2) is 8.42 Å². The number of benzene rings is 2. The molecule has 130 valence electrons. The van der Waals surface area contributed by atoms with Gasteiger partial charge in [-0.1, -0.05) is 68.8 Å². The molecular weight excluding hydrogens is 419 g/mol. The summed E-state index contributed by atoms with van der Waals surface area (Å²) in [5.41, 5.74) is 3.48. The van der Waals surface area contributed by atoms with Crippen LogP contribution >= 0.6 is 32.9 Å². The second-order valence-corrected chi connectivity index (χ2v) is 9.51. The monoisotopic (exact) mass is 432 g/mol. The van der Waals surface area contributed by atoms with Crippen LogP contribution in [0.15, 0.2) is 47.4 Å². The molecule has 3 rings (SSSR count). The summed E-state index contributed by atoms with van der Waals surface area (Å²) in [5.74, 6) is 0.0284. The summed E-state index contributed by atoms with van der Waals surface area (Å²) in [4.78, 5) is 0.575. The standard InChI is InChI=1S/C17H14O4S4.Na/c1-10-4-3-5-12(8-10)16-15(17(22)24-23-16)11-6-7-13(21-2)14(9-11)25(18,19)20;/h3-9H,1-2H3,(H,18,19,20);/q;+1/p-1. The molecule has 0 spiro atoms. The molecule has 0 radical (unpaired) electrons. The minimum absolute atomic E-state index is 0. The van der Waals surface area contributed by atoms with Crippen molar-refractivity contribution in [2.75, 3.05) is 7.11 Å². The molecule has 0 fully saturated rings. The van der Waals surface area contributed by atoms with Crippen LogP contribution in [0.1, 0.15) is 5.56 Å². The number of rotatable bonds is 4. The second-order valence-electron chi connectivity index (χ2n) is 5.35. The number of methoxy groups -OCH3 is 1. The molecule has 0 unspecified atom stereocenters. The molecule has 1 heterocycles. The first kappa shape index (κ1) is 21.7. The third-order valence-corrected chi connectivity index (χ3v) is 7.56. The summed E-state index contributed by atoms with van der Waals surface area (Å²) in [7, 11) is -0.350. The molecule has 1 aromatic heterocycles. The molecule has 0 bridgehead atoms. The molecule has 0 atom stereocenters. The van der Waals surface area contributed by atoms with Crippen molar-refractivity contribution in [3.05, 3.63) is 51.9 Å². The van der Waals surface area contributed by atoms with E-state index in [1.807, 2.05) is 31.2 Å². The van der Waals surface area contributed by atoms with Gasteiger partial charge in [-0.2, -0.15) is 0 Å². The first-order chi connectivity index (χ1) is 11.8. The fourth-order valence-corrected chi connectivity index (χ4v) is 6.09. The van der Waals surface area contributed by atoms with Crippen molar-refractivity contribution in [2.24, 2.45) is 0 Å². The van der Waals surface area contributed by atoms with Crippen LogP contribution in [0.3, 0.4) is 0 Å². The molecule has 2 aromatic carbocycles. The Labute approximate surface area is 186 Å². The minimum Gasteiger partial charge on any atom is -0.744 e. The van der Waals surface area contributed by atoms with Crippen molar-refractivity contribution in [3.63, 3.8) is 0 Å². The van der Waals surface area contributed by atoms with Crippen LogP contribution in [0.25, 0.3) is 21.6 Å². The van der Waals surface area contributed by atoms with Gasteiger partial charge in [-0.3, -0.25) is 0 Å². The summed E-state index contributed by atoms with van der Waals surface area (Å²) < 4.78 is 40.3. The quantitative estimate of drug-likeness (QED) is 0.273. The van der Waals surface area contributed by atoms with Crippen LogP contribution in [0.5, 0.6) is 5.75 Å². The molecule has 0 N–H and O–H groups in total. The van der Waals surface area contributed by atoms with Crippen molar-refractivity contribution in [2.45, 2.75) is 11.8 Å². The molecule has 4 nitrogen and oxygen atoms in total. The van der Waals surface area contributed by atoms with Gasteiger partial charge >= 0.3 is 29.6 Å². The molecule has 0 saturated heterocycles. The number of aryl methyl sites for hydroxylation is 1. The third kappa shape index (κ3) is 4.45. The molecule has 0 aliphatic rings. The summed E-state index contributed by atoms with van der Waals surface area (Å²) in [5, 5.41) is 0. The van der Waals surface area contributed by atoms with Crippen molar-refractivity contribution in [3.8, 4) is 27.3 Å². The Kier molecular flexibility index (Phi) is 7.20. The maximum atomic E-state index is 11.6. The van der Waals surface area contributed by atoms with E-state index in [9.17, 15) is 13.0 Å². The number of hydrogen-bond acceptors (Lipinski definition) is 7. The van der Waals surface area contributed by atoms with E-state index < -0.39 is 10.1 Å². The SMILES string of the molecule is COc1ccc(-c2c(-c3cccc(C)c3)ssc2=S)cc1S(=O)(=O)[O-].[Na+]. The molecule has 3 aromatic rings. The van der Waals surface area contributed by atoms with E-state index in [0.29, 0.717) is 9.39 Å². The Hall–Kier alpha value is -0.580. The Morgan fingerprint density at radius 3 is 2.42 bits per heavy atom. The average molecular weight is 433 g/mol. The molecule has 0 saturated carbocycles. The van der Waals surface area contributed by atoms with E-state index in [2.05, 4.69) is 0 Å². The Morgan fingerprint density at radius 2 is 1.81 bits per heavy atom. The topological polar surface area (TPSA) is 66.4 Å². The molecule has 26 heavy (non-hydrogen) atoms. The minimum atomic E-state index is -4.66. The van der Waals surface area contributed by atoms with Gasteiger partial charge in [0.05, 0.1) is 16.9 Å². The van der Waals surface area contributed by atoms with Crippen LogP contribution in [0.2, 0.25) is 0 Å². The smallest absolute Gasteiger partial charge is 0.744 e. The van der Waals surface area contributed by atoms with Gasteiger partial charge < -0.3 is 9.29 Å². The molecule has 9 heteroatoms. The van der Waals surface area contributed by atoms with Crippen LogP contribution in [-0.2, 0) is 10.1 Å². The van der Waals surface area contributed by atoms with Gasteiger partial charge in [0, 0.05) is 5.56 Å². The zero-order chi connectivity index (χ0) is 18.2. The van der Waals surface area contributed by atoms with Crippen molar-refractivity contribution < 1.29 is 47.3 Å². The van der Waals surface area contributed by atoms with E-state index in [-0.39, 0.29) is 40.2 Å². The summed E-state index contributed by atoms with van der Waals surface area (Å²) in [6.07, 6.45) is 0. The fourth-order valence-electron chi connectivity index (χ4n) is 2.51. The van der Waals surface area contributed by atoms with Crippen LogP contribution < -0.4 is 34.3 Å². The zero-order valence-corrected chi connectivity index (χ0v) is 19.6. The first-order valence-corrected chi connectivity index (χ1v) is 11.1. The second kappa shape index (κ2) is 8.62. The van der Waals surface area contributed by atoms with Crippen molar-refractivity contribution >= 4 is 43.0 Å². The summed E-state index contributed by atoms with van der Waals surface area (Å²) in [6.45, 7) is 2.00. The van der Waals surface area contributed by atoms with E-state index in [1.54, 1.807) is 6.07 Å². The van der Waals surface area contributed by atoms with Gasteiger partial charge in [0.2, 0.25) is 0 Å². The van der Waals surface area contributed by atoms with Crippen LogP contribution in [-0.4, -0.2) is 20.1 Å². The summed E-state index contributed by atoms with van der Waals surface area (Å²) >= 11 is 5.46. The Balaban J connectivity index is 0.00000243. The Morgan fingerprint density at radius 1 is 1.08 bits per heavy atom. The van der Waals surface area contributed by atoms with Crippen LogP contribution in [0, 0.1) is 10.7 Å². The van der Waals surface area contributed by atoms with Gasteiger partial charge in [0.25, 0.3) is 0 Å². The zero-order valence-electron chi connectivity index (χ0n) is 14.3. The van der Waals surface area contributed by atoms with Gasteiger partial charge in [0.15, 0.2) is 0 Å². The van der Waals surface area contributed by atoms with Gasteiger partial charge in [-0.05, 0) is 30.2 Å². The van der Waals surface area contributed by atoms with Crippen molar-refractivity contribution in [1.29, 1.82) is 0 Å². The molecular formula is C17H13NaO4S4. The molecule has 0 aliphatic carbocycles. The summed E-state index contributed by atoms with van der Waals surface area (Å²) in [6, 6.07) is 12.5. The maximum Gasteiger partial charge on any atom is 1.00 e. The van der Waals surface area contributed by atoms with E-state index in [0.717, 1.165) is 21.6 Å². The predicted octanol–water partition coefficient (Wildman–Crippen LogP) is 2.10. The Bertz CT molecular complexity index is 1100. The largest absolute Gasteiger partial charge is 1.00 e. The van der Waals surface area contributed by atoms with E-state index >= 15 is 0 Å². The molecule has 0 amide bonds. The van der Waals surface area contributed by atoms with E-state index in [4.69, 9.17) is 17.0 Å². The predicted molar refractivity (Wildman–Crippen MR) is 103 cm³/mol. The van der Waals surface area contributed by atoms with Gasteiger partial charge in [0.1, 0.15) is 19.7 Å². The van der Waals surface area contributed by atoms with Crippen LogP contribution in [0.4, 0.5) is 0 Å². The molecule has 0 aliphatic heterocycles. The van der Waals surface area contributed by atoms with E-state index in [1.165, 1.54) is 39.9 Å². The number of hydrogen-bond donors (Lipinski definition) is 0. The average Bonchev–Trinajstić information content (AvgIpc) is 2.95. The maximum absolute atomic E-state index is 11.6.